The van der Waals surface area contributed by atoms with E-state index in [1.54, 1.807) is 25.1 Å². The van der Waals surface area contributed by atoms with Crippen molar-refractivity contribution in [2.75, 3.05) is 21.3 Å². The van der Waals surface area contributed by atoms with Gasteiger partial charge >= 0.3 is 0 Å². The molecule has 0 aliphatic carbocycles. The lowest BCUT2D eigenvalue weighted by molar-refractivity contribution is 0.0785. The van der Waals surface area contributed by atoms with Crippen LogP contribution in [0, 0.1) is 0 Å². The summed E-state index contributed by atoms with van der Waals surface area (Å²) < 4.78 is 10.3. The molecule has 3 aromatic rings. The molecule has 1 amide bonds. The number of methoxy groups -OCH3 is 2. The lowest BCUT2D eigenvalue weighted by Gasteiger charge is -2.17. The molecule has 0 fully saturated rings. The van der Waals surface area contributed by atoms with Gasteiger partial charge in [-0.05, 0) is 12.1 Å². The number of nitrogens with one attached hydrogen (secondary N) is 1. The molecule has 0 saturated heterocycles. The Morgan fingerprint density at radius 2 is 2.04 bits per heavy atom. The van der Waals surface area contributed by atoms with Gasteiger partial charge in [-0.15, -0.1) is 0 Å². The molecule has 25 heavy (non-hydrogen) atoms. The van der Waals surface area contributed by atoms with Crippen molar-refractivity contribution < 1.29 is 14.3 Å². The Hall–Kier alpha value is -2.93. The standard InChI is InChI=1S/C18H20N4O3/c1-22(10-12-8-13(11-24-2)21-20-12)18(23)15-9-17(25-3)19-16-7-5-4-6-14(15)16/h4-9H,10-11H2,1-3H3,(H,20,21). The van der Waals surface area contributed by atoms with Crippen LogP contribution in [-0.2, 0) is 17.9 Å². The number of aromatic nitrogens is 3. The largest absolute Gasteiger partial charge is 0.481 e. The number of carbonyl (C=O) groups is 1. The van der Waals surface area contributed by atoms with Crippen molar-refractivity contribution in [2.45, 2.75) is 13.2 Å². The van der Waals surface area contributed by atoms with Gasteiger partial charge in [0.25, 0.3) is 5.91 Å². The molecule has 7 nitrogen and oxygen atoms in total. The van der Waals surface area contributed by atoms with E-state index in [1.165, 1.54) is 7.11 Å². The van der Waals surface area contributed by atoms with Crippen molar-refractivity contribution in [3.63, 3.8) is 0 Å². The highest BCUT2D eigenvalue weighted by Crippen LogP contribution is 2.23. The number of rotatable bonds is 6. The highest BCUT2D eigenvalue weighted by Gasteiger charge is 2.18. The third-order valence-electron chi connectivity index (χ3n) is 3.86. The molecule has 0 atom stereocenters. The molecular formula is C18H20N4O3. The predicted molar refractivity (Wildman–Crippen MR) is 93.4 cm³/mol. The first kappa shape index (κ1) is 16.9. The summed E-state index contributed by atoms with van der Waals surface area (Å²) in [6.07, 6.45) is 0. The maximum absolute atomic E-state index is 12.9. The molecule has 0 spiro atoms. The Bertz CT molecular complexity index is 891. The van der Waals surface area contributed by atoms with Gasteiger partial charge in [-0.1, -0.05) is 18.2 Å². The Labute approximate surface area is 145 Å². The first-order chi connectivity index (χ1) is 12.1. The summed E-state index contributed by atoms with van der Waals surface area (Å²) in [6.45, 7) is 0.842. The number of ether oxygens (including phenoxy) is 2. The fourth-order valence-corrected chi connectivity index (χ4v) is 2.68. The molecule has 2 heterocycles. The number of carbonyl (C=O) groups excluding carboxylic acids is 1. The fourth-order valence-electron chi connectivity index (χ4n) is 2.68. The summed E-state index contributed by atoms with van der Waals surface area (Å²) in [5.41, 5.74) is 2.92. The topological polar surface area (TPSA) is 80.3 Å². The molecule has 3 rings (SSSR count). The number of hydrogen-bond acceptors (Lipinski definition) is 5. The van der Waals surface area contributed by atoms with E-state index in [4.69, 9.17) is 9.47 Å². The van der Waals surface area contributed by atoms with E-state index in [2.05, 4.69) is 15.2 Å². The number of benzene rings is 1. The van der Waals surface area contributed by atoms with E-state index >= 15 is 0 Å². The SMILES string of the molecule is COCc1cc(CN(C)C(=O)c2cc(OC)nc3ccccc23)[nH]n1. The van der Waals surface area contributed by atoms with Crippen molar-refractivity contribution in [1.29, 1.82) is 0 Å². The van der Waals surface area contributed by atoms with Crippen LogP contribution in [-0.4, -0.2) is 47.3 Å². The zero-order valence-corrected chi connectivity index (χ0v) is 14.4. The van der Waals surface area contributed by atoms with Gasteiger partial charge in [-0.2, -0.15) is 5.10 Å². The van der Waals surface area contributed by atoms with Gasteiger partial charge in [0.15, 0.2) is 0 Å². The minimum atomic E-state index is -0.111. The van der Waals surface area contributed by atoms with Crippen LogP contribution in [0.2, 0.25) is 0 Å². The number of para-hydroxylation sites is 1. The normalized spacial score (nSPS) is 10.8. The fraction of sp³-hybridized carbons (Fsp3) is 0.278. The summed E-state index contributed by atoms with van der Waals surface area (Å²) in [7, 11) is 4.91. The van der Waals surface area contributed by atoms with E-state index in [0.717, 1.165) is 22.3 Å². The molecule has 0 aliphatic rings. The van der Waals surface area contributed by atoms with Crippen molar-refractivity contribution in [3.05, 3.63) is 53.3 Å². The lowest BCUT2D eigenvalue weighted by Crippen LogP contribution is -2.26. The number of aromatic amines is 1. The number of H-pyrrole nitrogens is 1. The second kappa shape index (κ2) is 7.31. The van der Waals surface area contributed by atoms with Crippen LogP contribution in [0.4, 0.5) is 0 Å². The van der Waals surface area contributed by atoms with Crippen molar-refractivity contribution in [1.82, 2.24) is 20.1 Å². The molecule has 2 aromatic heterocycles. The van der Waals surface area contributed by atoms with Crippen LogP contribution in [0.25, 0.3) is 10.9 Å². The average Bonchev–Trinajstić information content (AvgIpc) is 3.07. The number of nitrogens with zero attached hydrogens (tertiary/aromatic N) is 3. The summed E-state index contributed by atoms with van der Waals surface area (Å²) in [5.74, 6) is 0.305. The number of pyridine rings is 1. The van der Waals surface area contributed by atoms with Crippen LogP contribution in [0.5, 0.6) is 5.88 Å². The van der Waals surface area contributed by atoms with Gasteiger partial charge in [0, 0.05) is 25.6 Å². The van der Waals surface area contributed by atoms with Crippen LogP contribution in [0.15, 0.2) is 36.4 Å². The Kier molecular flexibility index (Phi) is 4.95. The summed E-state index contributed by atoms with van der Waals surface area (Å²) in [4.78, 5) is 19.0. The maximum atomic E-state index is 12.9. The van der Waals surface area contributed by atoms with Gasteiger partial charge in [0.1, 0.15) is 0 Å². The van der Waals surface area contributed by atoms with Crippen molar-refractivity contribution in [3.8, 4) is 5.88 Å². The summed E-state index contributed by atoms with van der Waals surface area (Å²) in [6, 6.07) is 11.1. The van der Waals surface area contributed by atoms with E-state index in [-0.39, 0.29) is 5.91 Å². The highest BCUT2D eigenvalue weighted by molar-refractivity contribution is 6.06. The molecule has 0 radical (unpaired) electrons. The van der Waals surface area contributed by atoms with Crippen LogP contribution in [0.3, 0.4) is 0 Å². The molecule has 1 N–H and O–H groups in total. The third kappa shape index (κ3) is 3.61. The van der Waals surface area contributed by atoms with Crippen LogP contribution >= 0.6 is 0 Å². The molecule has 130 valence electrons. The smallest absolute Gasteiger partial charge is 0.254 e. The quantitative estimate of drug-likeness (QED) is 0.745. The van der Waals surface area contributed by atoms with E-state index in [1.807, 2.05) is 30.3 Å². The van der Waals surface area contributed by atoms with E-state index in [9.17, 15) is 4.79 Å². The first-order valence-electron chi connectivity index (χ1n) is 7.83. The van der Waals surface area contributed by atoms with Gasteiger partial charge < -0.3 is 14.4 Å². The van der Waals surface area contributed by atoms with Crippen molar-refractivity contribution >= 4 is 16.8 Å². The first-order valence-corrected chi connectivity index (χ1v) is 7.83. The number of hydrogen-bond donors (Lipinski definition) is 1. The minimum Gasteiger partial charge on any atom is -0.481 e. The van der Waals surface area contributed by atoms with Gasteiger partial charge in [-0.25, -0.2) is 4.98 Å². The second-order valence-corrected chi connectivity index (χ2v) is 5.71. The Balaban J connectivity index is 1.87. The number of amides is 1. The monoisotopic (exact) mass is 340 g/mol. The molecule has 0 bridgehead atoms. The van der Waals surface area contributed by atoms with Gasteiger partial charge in [0.2, 0.25) is 5.88 Å². The molecule has 1 aromatic carbocycles. The van der Waals surface area contributed by atoms with Gasteiger partial charge in [-0.3, -0.25) is 9.89 Å². The highest BCUT2D eigenvalue weighted by atomic mass is 16.5. The molecule has 0 aliphatic heterocycles. The average molecular weight is 340 g/mol. The van der Waals surface area contributed by atoms with Crippen molar-refractivity contribution in [2.24, 2.45) is 0 Å². The van der Waals surface area contributed by atoms with Gasteiger partial charge in [0.05, 0.1) is 42.7 Å². The maximum Gasteiger partial charge on any atom is 0.254 e. The number of fused-ring (bicyclic) bond motifs is 1. The molecule has 0 saturated carbocycles. The Morgan fingerprint density at radius 3 is 2.80 bits per heavy atom. The minimum absolute atomic E-state index is 0.111. The van der Waals surface area contributed by atoms with Crippen LogP contribution < -0.4 is 4.74 Å². The summed E-state index contributed by atoms with van der Waals surface area (Å²) in [5, 5.41) is 7.87. The third-order valence-corrected chi connectivity index (χ3v) is 3.86. The van der Waals surface area contributed by atoms with Crippen LogP contribution in [0.1, 0.15) is 21.7 Å². The zero-order valence-electron chi connectivity index (χ0n) is 14.4. The molecule has 0 unspecified atom stereocenters. The molecular weight excluding hydrogens is 320 g/mol. The lowest BCUT2D eigenvalue weighted by atomic mass is 10.1. The summed E-state index contributed by atoms with van der Waals surface area (Å²) >= 11 is 0. The second-order valence-electron chi connectivity index (χ2n) is 5.71. The molecule has 7 heteroatoms. The van der Waals surface area contributed by atoms with E-state index in [0.29, 0.717) is 24.6 Å². The van der Waals surface area contributed by atoms with E-state index < -0.39 is 0 Å². The Morgan fingerprint density at radius 1 is 1.24 bits per heavy atom. The predicted octanol–water partition coefficient (Wildman–Crippen LogP) is 2.39. The zero-order chi connectivity index (χ0) is 17.8.